The van der Waals surface area contributed by atoms with Crippen molar-refractivity contribution in [2.75, 3.05) is 41.3 Å². The molecule has 0 unspecified atom stereocenters. The Morgan fingerprint density at radius 2 is 1.61 bits per heavy atom. The summed E-state index contributed by atoms with van der Waals surface area (Å²) in [6.45, 7) is 3.31. The molecule has 0 N–H and O–H groups in total. The monoisotopic (exact) mass is 249 g/mol. The molecule has 1 aromatic rings. The van der Waals surface area contributed by atoms with Gasteiger partial charge in [0, 0.05) is 28.2 Å². The van der Waals surface area contributed by atoms with Gasteiger partial charge in [0.05, 0.1) is 6.54 Å². The van der Waals surface area contributed by atoms with Gasteiger partial charge in [-0.2, -0.15) is 0 Å². The zero-order valence-electron chi connectivity index (χ0n) is 12.0. The molecule has 4 nitrogen and oxygen atoms in total. The van der Waals surface area contributed by atoms with Crippen LogP contribution in [0.5, 0.6) is 5.75 Å². The second-order valence-electron chi connectivity index (χ2n) is 4.63. The quantitative estimate of drug-likeness (QED) is 0.463. The summed E-state index contributed by atoms with van der Waals surface area (Å²) in [5, 5.41) is 0. The van der Waals surface area contributed by atoms with E-state index in [9.17, 15) is 0 Å². The van der Waals surface area contributed by atoms with Crippen LogP contribution in [0.2, 0.25) is 0 Å². The molecule has 0 saturated carbocycles. The number of hydrogen-bond donors (Lipinski definition) is 0. The SMILES string of the molecule is Cc1ccc(OCCN=C(N(C)C)N(C)C)cc1. The molecule has 0 aromatic heterocycles. The van der Waals surface area contributed by atoms with Crippen LogP contribution in [0.15, 0.2) is 29.3 Å². The Hall–Kier alpha value is -1.71. The van der Waals surface area contributed by atoms with Crippen molar-refractivity contribution < 1.29 is 4.74 Å². The summed E-state index contributed by atoms with van der Waals surface area (Å²) in [7, 11) is 7.94. The Kier molecular flexibility index (Phi) is 5.49. The molecule has 1 rings (SSSR count). The Bertz CT molecular complexity index is 373. The molecule has 0 aliphatic heterocycles. The van der Waals surface area contributed by atoms with Crippen LogP contribution in [0.4, 0.5) is 0 Å². The Labute approximate surface area is 110 Å². The number of aliphatic imine (C=N–C) groups is 1. The van der Waals surface area contributed by atoms with Crippen LogP contribution in [0.1, 0.15) is 5.56 Å². The Morgan fingerprint density at radius 1 is 1.06 bits per heavy atom. The van der Waals surface area contributed by atoms with Gasteiger partial charge in [-0.05, 0) is 19.1 Å². The smallest absolute Gasteiger partial charge is 0.195 e. The molecule has 0 amide bonds. The van der Waals surface area contributed by atoms with Crippen molar-refractivity contribution in [3.8, 4) is 5.75 Å². The molecule has 1 aromatic carbocycles. The van der Waals surface area contributed by atoms with Crippen molar-refractivity contribution in [1.29, 1.82) is 0 Å². The summed E-state index contributed by atoms with van der Waals surface area (Å²) in [6.07, 6.45) is 0. The molecule has 100 valence electrons. The molecule has 0 atom stereocenters. The minimum atomic E-state index is 0.592. The number of benzene rings is 1. The summed E-state index contributed by atoms with van der Waals surface area (Å²) >= 11 is 0. The third kappa shape index (κ3) is 4.65. The normalized spacial score (nSPS) is 9.83. The standard InChI is InChI=1S/C14H23N3O/c1-12-6-8-13(9-7-12)18-11-10-15-14(16(2)3)17(4)5/h6-9H,10-11H2,1-5H3. The lowest BCUT2D eigenvalue weighted by Gasteiger charge is -2.22. The van der Waals surface area contributed by atoms with E-state index in [0.29, 0.717) is 13.2 Å². The number of aryl methyl sites for hydroxylation is 1. The lowest BCUT2D eigenvalue weighted by atomic mass is 10.2. The highest BCUT2D eigenvalue weighted by Gasteiger charge is 2.03. The zero-order chi connectivity index (χ0) is 13.5. The summed E-state index contributed by atoms with van der Waals surface area (Å²) in [5.74, 6) is 1.84. The summed E-state index contributed by atoms with van der Waals surface area (Å²) in [5.41, 5.74) is 1.24. The fourth-order valence-corrected chi connectivity index (χ4v) is 1.63. The van der Waals surface area contributed by atoms with Gasteiger partial charge in [0.1, 0.15) is 12.4 Å². The van der Waals surface area contributed by atoms with Crippen molar-refractivity contribution in [2.45, 2.75) is 6.92 Å². The van der Waals surface area contributed by atoms with Crippen LogP contribution in [-0.4, -0.2) is 57.1 Å². The average molecular weight is 249 g/mol. The van der Waals surface area contributed by atoms with Crippen LogP contribution in [-0.2, 0) is 0 Å². The molecule has 0 radical (unpaired) electrons. The lowest BCUT2D eigenvalue weighted by molar-refractivity contribution is 0.326. The van der Waals surface area contributed by atoms with Crippen LogP contribution in [0, 0.1) is 6.92 Å². The number of guanidine groups is 1. The van der Waals surface area contributed by atoms with Crippen LogP contribution in [0.25, 0.3) is 0 Å². The molecule has 18 heavy (non-hydrogen) atoms. The maximum absolute atomic E-state index is 5.63. The van der Waals surface area contributed by atoms with Gasteiger partial charge in [0.25, 0.3) is 0 Å². The number of rotatable bonds is 4. The van der Waals surface area contributed by atoms with E-state index in [2.05, 4.69) is 11.9 Å². The van der Waals surface area contributed by atoms with Crippen LogP contribution >= 0.6 is 0 Å². The first-order valence-corrected chi connectivity index (χ1v) is 6.09. The predicted octanol–water partition coefficient (Wildman–Crippen LogP) is 1.85. The van der Waals surface area contributed by atoms with Crippen LogP contribution < -0.4 is 4.74 Å². The molecule has 0 saturated heterocycles. The van der Waals surface area contributed by atoms with Crippen molar-refractivity contribution in [2.24, 2.45) is 4.99 Å². The molecule has 4 heteroatoms. The molecular formula is C14H23N3O. The van der Waals surface area contributed by atoms with Gasteiger partial charge in [0.2, 0.25) is 0 Å². The van der Waals surface area contributed by atoms with E-state index in [1.807, 2.05) is 62.3 Å². The van der Waals surface area contributed by atoms with E-state index in [4.69, 9.17) is 4.74 Å². The van der Waals surface area contributed by atoms with E-state index in [-0.39, 0.29) is 0 Å². The highest BCUT2D eigenvalue weighted by atomic mass is 16.5. The van der Waals surface area contributed by atoms with E-state index in [0.717, 1.165) is 11.7 Å². The van der Waals surface area contributed by atoms with E-state index >= 15 is 0 Å². The fraction of sp³-hybridized carbons (Fsp3) is 0.500. The minimum absolute atomic E-state index is 0.592. The second-order valence-corrected chi connectivity index (χ2v) is 4.63. The first kappa shape index (κ1) is 14.4. The number of nitrogens with zero attached hydrogens (tertiary/aromatic N) is 3. The average Bonchev–Trinajstić information content (AvgIpc) is 2.30. The van der Waals surface area contributed by atoms with Gasteiger partial charge < -0.3 is 14.5 Å². The third-order valence-corrected chi connectivity index (χ3v) is 2.43. The Morgan fingerprint density at radius 3 is 2.11 bits per heavy atom. The molecule has 0 fully saturated rings. The van der Waals surface area contributed by atoms with Gasteiger partial charge in [-0.15, -0.1) is 0 Å². The highest BCUT2D eigenvalue weighted by molar-refractivity contribution is 5.79. The lowest BCUT2D eigenvalue weighted by Crippen LogP contribution is -2.35. The van der Waals surface area contributed by atoms with Crippen LogP contribution in [0.3, 0.4) is 0 Å². The topological polar surface area (TPSA) is 28.1 Å². The summed E-state index contributed by atoms with van der Waals surface area (Å²) in [6, 6.07) is 8.06. The molecule has 0 aliphatic rings. The largest absolute Gasteiger partial charge is 0.492 e. The number of ether oxygens (including phenoxy) is 1. The molecule has 0 aliphatic carbocycles. The summed E-state index contributed by atoms with van der Waals surface area (Å²) in [4.78, 5) is 8.48. The Balaban J connectivity index is 2.41. The first-order chi connectivity index (χ1) is 8.50. The maximum Gasteiger partial charge on any atom is 0.195 e. The van der Waals surface area contributed by atoms with Gasteiger partial charge in [-0.1, -0.05) is 17.7 Å². The van der Waals surface area contributed by atoms with E-state index in [1.54, 1.807) is 0 Å². The van der Waals surface area contributed by atoms with E-state index in [1.165, 1.54) is 5.56 Å². The highest BCUT2D eigenvalue weighted by Crippen LogP contribution is 2.10. The molecule has 0 spiro atoms. The minimum Gasteiger partial charge on any atom is -0.492 e. The molecule has 0 heterocycles. The van der Waals surface area contributed by atoms with Crippen molar-refractivity contribution in [3.05, 3.63) is 29.8 Å². The van der Waals surface area contributed by atoms with Gasteiger partial charge in [0.15, 0.2) is 5.96 Å². The van der Waals surface area contributed by atoms with Gasteiger partial charge in [-0.25, -0.2) is 4.99 Å². The second kappa shape index (κ2) is 6.89. The van der Waals surface area contributed by atoms with Crippen molar-refractivity contribution >= 4 is 5.96 Å². The molecule has 0 bridgehead atoms. The van der Waals surface area contributed by atoms with Gasteiger partial charge >= 0.3 is 0 Å². The first-order valence-electron chi connectivity index (χ1n) is 6.09. The fourth-order valence-electron chi connectivity index (χ4n) is 1.63. The van der Waals surface area contributed by atoms with Crippen molar-refractivity contribution in [3.63, 3.8) is 0 Å². The zero-order valence-corrected chi connectivity index (χ0v) is 12.0. The number of hydrogen-bond acceptors (Lipinski definition) is 2. The van der Waals surface area contributed by atoms with Crippen molar-refractivity contribution in [1.82, 2.24) is 9.80 Å². The molecular weight excluding hydrogens is 226 g/mol. The predicted molar refractivity (Wildman–Crippen MR) is 76.4 cm³/mol. The van der Waals surface area contributed by atoms with Gasteiger partial charge in [-0.3, -0.25) is 0 Å². The maximum atomic E-state index is 5.63. The van der Waals surface area contributed by atoms with E-state index < -0.39 is 0 Å². The summed E-state index contributed by atoms with van der Waals surface area (Å²) < 4.78 is 5.63. The third-order valence-electron chi connectivity index (χ3n) is 2.43.